The van der Waals surface area contributed by atoms with Gasteiger partial charge in [-0.1, -0.05) is 23.7 Å². The first-order valence-electron chi connectivity index (χ1n) is 6.74. The minimum Gasteiger partial charge on any atom is -0.487 e. The van der Waals surface area contributed by atoms with E-state index in [0.717, 1.165) is 31.5 Å². The molecular formula is C16H19BrClNOS. The first-order valence-corrected chi connectivity index (χ1v) is 8.73. The zero-order valence-corrected chi connectivity index (χ0v) is 15.5. The molecule has 1 aromatic heterocycles. The molecule has 5 heteroatoms. The highest BCUT2D eigenvalue weighted by Gasteiger charge is 2.13. The molecule has 0 spiro atoms. The molecule has 2 aromatic rings. The Bertz CT molecular complexity index is 607. The van der Waals surface area contributed by atoms with E-state index in [-0.39, 0.29) is 5.54 Å². The average Bonchev–Trinajstić information content (AvgIpc) is 2.80. The van der Waals surface area contributed by atoms with Crippen LogP contribution in [0, 0.1) is 0 Å². The van der Waals surface area contributed by atoms with Crippen molar-refractivity contribution < 1.29 is 4.74 Å². The first kappa shape index (κ1) is 16.8. The molecule has 1 aromatic carbocycles. The van der Waals surface area contributed by atoms with Gasteiger partial charge in [0, 0.05) is 22.5 Å². The summed E-state index contributed by atoms with van der Waals surface area (Å²) in [5.74, 6) is 0.888. The van der Waals surface area contributed by atoms with Crippen molar-refractivity contribution in [1.29, 1.82) is 0 Å². The quantitative estimate of drug-likeness (QED) is 0.716. The number of thiophene rings is 1. The van der Waals surface area contributed by atoms with E-state index in [1.807, 2.05) is 24.3 Å². The van der Waals surface area contributed by atoms with Gasteiger partial charge in [-0.2, -0.15) is 0 Å². The Morgan fingerprint density at radius 2 is 2.00 bits per heavy atom. The predicted molar refractivity (Wildman–Crippen MR) is 94.4 cm³/mol. The SMILES string of the molecule is CC(C)(C)NCc1cccc(Br)c1OCc1ccc(Cl)s1. The third-order valence-electron chi connectivity index (χ3n) is 2.85. The van der Waals surface area contributed by atoms with Crippen LogP contribution in [0.15, 0.2) is 34.8 Å². The fourth-order valence-corrected chi connectivity index (χ4v) is 3.31. The van der Waals surface area contributed by atoms with Crippen molar-refractivity contribution in [1.82, 2.24) is 5.32 Å². The standard InChI is InChI=1S/C16H19BrClNOS/c1-16(2,3)19-9-11-5-4-6-13(17)15(11)20-10-12-7-8-14(18)21-12/h4-8,19H,9-10H2,1-3H3. The molecule has 1 N–H and O–H groups in total. The van der Waals surface area contributed by atoms with E-state index in [1.54, 1.807) is 11.3 Å². The molecular weight excluding hydrogens is 370 g/mol. The summed E-state index contributed by atoms with van der Waals surface area (Å²) in [7, 11) is 0. The molecule has 0 atom stereocenters. The lowest BCUT2D eigenvalue weighted by Gasteiger charge is -2.22. The third kappa shape index (κ3) is 5.29. The van der Waals surface area contributed by atoms with Crippen molar-refractivity contribution in [2.24, 2.45) is 0 Å². The van der Waals surface area contributed by atoms with Crippen LogP contribution < -0.4 is 10.1 Å². The van der Waals surface area contributed by atoms with Crippen LogP contribution in [0.3, 0.4) is 0 Å². The molecule has 0 saturated carbocycles. The Kier molecular flexibility index (Phi) is 5.72. The molecule has 21 heavy (non-hydrogen) atoms. The van der Waals surface area contributed by atoms with Gasteiger partial charge in [0.1, 0.15) is 12.4 Å². The summed E-state index contributed by atoms with van der Waals surface area (Å²) in [5, 5.41) is 3.49. The third-order valence-corrected chi connectivity index (χ3v) is 4.67. The van der Waals surface area contributed by atoms with Crippen LogP contribution in [0.25, 0.3) is 0 Å². The summed E-state index contributed by atoms with van der Waals surface area (Å²) in [6.07, 6.45) is 0. The summed E-state index contributed by atoms with van der Waals surface area (Å²) in [6, 6.07) is 10.0. The summed E-state index contributed by atoms with van der Waals surface area (Å²) >= 11 is 11.1. The van der Waals surface area contributed by atoms with Crippen molar-refractivity contribution in [3.8, 4) is 5.75 Å². The molecule has 0 aliphatic carbocycles. The Balaban J connectivity index is 2.10. The second-order valence-electron chi connectivity index (χ2n) is 5.83. The number of hydrogen-bond donors (Lipinski definition) is 1. The van der Waals surface area contributed by atoms with E-state index < -0.39 is 0 Å². The van der Waals surface area contributed by atoms with Gasteiger partial charge in [0.15, 0.2) is 0 Å². The van der Waals surface area contributed by atoms with Gasteiger partial charge in [0.05, 0.1) is 8.81 Å². The van der Waals surface area contributed by atoms with E-state index in [1.165, 1.54) is 0 Å². The lowest BCUT2D eigenvalue weighted by atomic mass is 10.1. The molecule has 0 aliphatic heterocycles. The molecule has 0 fully saturated rings. The first-order chi connectivity index (χ1) is 9.85. The fourth-order valence-electron chi connectivity index (χ4n) is 1.79. The molecule has 0 amide bonds. The maximum Gasteiger partial charge on any atom is 0.138 e. The molecule has 0 aliphatic rings. The number of ether oxygens (including phenoxy) is 1. The van der Waals surface area contributed by atoms with E-state index in [2.05, 4.69) is 48.1 Å². The van der Waals surface area contributed by atoms with Gasteiger partial charge in [0.2, 0.25) is 0 Å². The summed E-state index contributed by atoms with van der Waals surface area (Å²) < 4.78 is 7.76. The van der Waals surface area contributed by atoms with Crippen LogP contribution in [-0.4, -0.2) is 5.54 Å². The minimum absolute atomic E-state index is 0.0703. The van der Waals surface area contributed by atoms with Gasteiger partial charge in [0.25, 0.3) is 0 Å². The van der Waals surface area contributed by atoms with Crippen LogP contribution in [0.5, 0.6) is 5.75 Å². The summed E-state index contributed by atoms with van der Waals surface area (Å²) in [6.45, 7) is 7.75. The van der Waals surface area contributed by atoms with Gasteiger partial charge in [-0.3, -0.25) is 0 Å². The second-order valence-corrected chi connectivity index (χ2v) is 8.48. The zero-order chi connectivity index (χ0) is 15.5. The van der Waals surface area contributed by atoms with Gasteiger partial charge in [-0.15, -0.1) is 11.3 Å². The molecule has 2 rings (SSSR count). The van der Waals surface area contributed by atoms with Crippen LogP contribution >= 0.6 is 38.9 Å². The molecule has 0 saturated heterocycles. The number of halogens is 2. The maximum atomic E-state index is 6.00. The molecule has 2 nitrogen and oxygen atoms in total. The van der Waals surface area contributed by atoms with Crippen LogP contribution in [0.4, 0.5) is 0 Å². The van der Waals surface area contributed by atoms with Gasteiger partial charge >= 0.3 is 0 Å². The maximum absolute atomic E-state index is 6.00. The van der Waals surface area contributed by atoms with E-state index in [9.17, 15) is 0 Å². The van der Waals surface area contributed by atoms with Crippen molar-refractivity contribution in [3.05, 3.63) is 49.6 Å². The van der Waals surface area contributed by atoms with Crippen molar-refractivity contribution >= 4 is 38.9 Å². The van der Waals surface area contributed by atoms with Crippen molar-refractivity contribution in [2.45, 2.75) is 39.5 Å². The largest absolute Gasteiger partial charge is 0.487 e. The highest BCUT2D eigenvalue weighted by molar-refractivity contribution is 9.10. The summed E-state index contributed by atoms with van der Waals surface area (Å²) in [4.78, 5) is 1.12. The van der Waals surface area contributed by atoms with Gasteiger partial charge in [-0.05, 0) is 54.9 Å². The van der Waals surface area contributed by atoms with Gasteiger partial charge < -0.3 is 10.1 Å². The molecule has 1 heterocycles. The Hall–Kier alpha value is -0.550. The highest BCUT2D eigenvalue weighted by atomic mass is 79.9. The topological polar surface area (TPSA) is 21.3 Å². The van der Waals surface area contributed by atoms with Crippen LogP contribution in [-0.2, 0) is 13.2 Å². The molecule has 0 radical (unpaired) electrons. The number of benzene rings is 1. The van der Waals surface area contributed by atoms with Crippen molar-refractivity contribution in [3.63, 3.8) is 0 Å². The molecule has 0 unspecified atom stereocenters. The Morgan fingerprint density at radius 3 is 2.62 bits per heavy atom. The van der Waals surface area contributed by atoms with E-state index >= 15 is 0 Å². The average molecular weight is 389 g/mol. The number of nitrogens with one attached hydrogen (secondary N) is 1. The Labute approximate surface area is 143 Å². The number of para-hydroxylation sites is 1. The van der Waals surface area contributed by atoms with Crippen molar-refractivity contribution in [2.75, 3.05) is 0 Å². The van der Waals surface area contributed by atoms with Crippen LogP contribution in [0.2, 0.25) is 4.34 Å². The minimum atomic E-state index is 0.0703. The second kappa shape index (κ2) is 7.14. The molecule has 114 valence electrons. The monoisotopic (exact) mass is 387 g/mol. The normalized spacial score (nSPS) is 11.7. The summed E-state index contributed by atoms with van der Waals surface area (Å²) in [5.41, 5.74) is 1.21. The lowest BCUT2D eigenvalue weighted by molar-refractivity contribution is 0.301. The molecule has 0 bridgehead atoms. The number of hydrogen-bond acceptors (Lipinski definition) is 3. The smallest absolute Gasteiger partial charge is 0.138 e. The zero-order valence-electron chi connectivity index (χ0n) is 12.4. The Morgan fingerprint density at radius 1 is 1.24 bits per heavy atom. The highest BCUT2D eigenvalue weighted by Crippen LogP contribution is 2.31. The van der Waals surface area contributed by atoms with E-state index in [4.69, 9.17) is 16.3 Å². The lowest BCUT2D eigenvalue weighted by Crippen LogP contribution is -2.35. The van der Waals surface area contributed by atoms with Gasteiger partial charge in [-0.25, -0.2) is 0 Å². The van der Waals surface area contributed by atoms with E-state index in [0.29, 0.717) is 6.61 Å². The number of rotatable bonds is 5. The predicted octanol–water partition coefficient (Wildman–Crippen LogP) is 5.63. The van der Waals surface area contributed by atoms with Crippen LogP contribution in [0.1, 0.15) is 31.2 Å². The fraction of sp³-hybridized carbons (Fsp3) is 0.375.